The summed E-state index contributed by atoms with van der Waals surface area (Å²) in [6, 6.07) is 0. The maximum atomic E-state index is 12.8. The van der Waals surface area contributed by atoms with Gasteiger partial charge in [-0.15, -0.1) is 0 Å². The lowest BCUT2D eigenvalue weighted by Crippen LogP contribution is -2.55. The van der Waals surface area contributed by atoms with Crippen molar-refractivity contribution in [2.24, 2.45) is 0 Å². The Morgan fingerprint density at radius 3 is 2.00 bits per heavy atom. The molecule has 0 aliphatic rings. The van der Waals surface area contributed by atoms with Gasteiger partial charge in [-0.25, -0.2) is 9.18 Å². The minimum Gasteiger partial charge on any atom is -0.456 e. The molecule has 1 unspecified atom stereocenters. The van der Waals surface area contributed by atoms with E-state index in [-0.39, 0.29) is 6.92 Å². The molecule has 0 aromatic heterocycles. The Labute approximate surface area is 86.9 Å². The number of rotatable bonds is 4. The van der Waals surface area contributed by atoms with Crippen molar-refractivity contribution < 1.29 is 35.9 Å². The average molecular weight is 250 g/mol. The predicted molar refractivity (Wildman–Crippen MR) is 41.7 cm³/mol. The molecular formula is C8H8F6O2. The summed E-state index contributed by atoms with van der Waals surface area (Å²) in [6.07, 6.45) is -5.30. The quantitative estimate of drug-likeness (QED) is 0.435. The normalized spacial score (nSPS) is 16.4. The number of hydrogen-bond donors (Lipinski definition) is 0. The third-order valence-corrected chi connectivity index (χ3v) is 1.78. The van der Waals surface area contributed by atoms with Crippen molar-refractivity contribution in [1.29, 1.82) is 0 Å². The van der Waals surface area contributed by atoms with Gasteiger partial charge >= 0.3 is 18.1 Å². The SMILES string of the molecule is C=CC(=O)OCC(F)(F)C(C)(F)C(F)(F)F. The predicted octanol–water partition coefficient (Wildman–Crippen LogP) is 2.64. The number of hydrogen-bond acceptors (Lipinski definition) is 2. The molecule has 0 saturated heterocycles. The first-order chi connectivity index (χ1) is 6.95. The Morgan fingerprint density at radius 2 is 1.69 bits per heavy atom. The number of carbonyl (C=O) groups is 1. The molecule has 8 heteroatoms. The van der Waals surface area contributed by atoms with Gasteiger partial charge in [-0.3, -0.25) is 0 Å². The molecule has 0 heterocycles. The van der Waals surface area contributed by atoms with Crippen molar-refractivity contribution in [3.05, 3.63) is 12.7 Å². The summed E-state index contributed by atoms with van der Waals surface area (Å²) in [5, 5.41) is 0. The highest BCUT2D eigenvalue weighted by molar-refractivity contribution is 5.81. The van der Waals surface area contributed by atoms with Gasteiger partial charge in [-0.1, -0.05) is 6.58 Å². The van der Waals surface area contributed by atoms with Gasteiger partial charge in [-0.2, -0.15) is 22.0 Å². The monoisotopic (exact) mass is 250 g/mol. The van der Waals surface area contributed by atoms with E-state index in [0.29, 0.717) is 6.08 Å². The Kier molecular flexibility index (Phi) is 4.01. The Hall–Kier alpha value is -1.21. The number of ether oxygens (including phenoxy) is 1. The molecule has 0 fully saturated rings. The summed E-state index contributed by atoms with van der Waals surface area (Å²) in [4.78, 5) is 10.4. The summed E-state index contributed by atoms with van der Waals surface area (Å²) in [6.45, 7) is 0.503. The van der Waals surface area contributed by atoms with E-state index in [1.807, 2.05) is 0 Å². The molecule has 0 amide bonds. The Bertz CT molecular complexity index is 281. The van der Waals surface area contributed by atoms with Crippen LogP contribution in [-0.4, -0.2) is 30.3 Å². The van der Waals surface area contributed by atoms with Gasteiger partial charge in [0.05, 0.1) is 0 Å². The van der Waals surface area contributed by atoms with Gasteiger partial charge in [0, 0.05) is 6.08 Å². The van der Waals surface area contributed by atoms with E-state index in [9.17, 15) is 31.1 Å². The van der Waals surface area contributed by atoms with E-state index in [2.05, 4.69) is 11.3 Å². The summed E-state index contributed by atoms with van der Waals surface area (Å²) < 4.78 is 77.9. The van der Waals surface area contributed by atoms with E-state index in [4.69, 9.17) is 0 Å². The summed E-state index contributed by atoms with van der Waals surface area (Å²) in [7, 11) is 0. The first-order valence-electron chi connectivity index (χ1n) is 3.88. The minimum absolute atomic E-state index is 0.325. The van der Waals surface area contributed by atoms with Gasteiger partial charge in [-0.05, 0) is 6.92 Å². The van der Waals surface area contributed by atoms with Crippen LogP contribution >= 0.6 is 0 Å². The molecule has 0 aliphatic carbocycles. The van der Waals surface area contributed by atoms with Crippen LogP contribution in [0, 0.1) is 0 Å². The van der Waals surface area contributed by atoms with Crippen LogP contribution in [0.2, 0.25) is 0 Å². The fourth-order valence-corrected chi connectivity index (χ4v) is 0.564. The molecule has 0 aromatic carbocycles. The first-order valence-corrected chi connectivity index (χ1v) is 3.88. The molecule has 16 heavy (non-hydrogen) atoms. The van der Waals surface area contributed by atoms with Crippen LogP contribution in [0.4, 0.5) is 26.3 Å². The van der Waals surface area contributed by atoms with Crippen LogP contribution < -0.4 is 0 Å². The van der Waals surface area contributed by atoms with Crippen LogP contribution in [0.5, 0.6) is 0 Å². The van der Waals surface area contributed by atoms with Gasteiger partial charge < -0.3 is 4.74 Å². The van der Waals surface area contributed by atoms with Crippen molar-refractivity contribution in [1.82, 2.24) is 0 Å². The lowest BCUT2D eigenvalue weighted by atomic mass is 10.0. The molecule has 1 atom stereocenters. The second-order valence-corrected chi connectivity index (χ2v) is 3.02. The van der Waals surface area contributed by atoms with Crippen LogP contribution in [0.25, 0.3) is 0 Å². The lowest BCUT2D eigenvalue weighted by molar-refractivity contribution is -0.302. The summed E-state index contributed by atoms with van der Waals surface area (Å²) in [5.74, 6) is -6.23. The Morgan fingerprint density at radius 1 is 1.25 bits per heavy atom. The minimum atomic E-state index is -5.77. The molecule has 0 bridgehead atoms. The molecule has 2 nitrogen and oxygen atoms in total. The smallest absolute Gasteiger partial charge is 0.428 e. The van der Waals surface area contributed by atoms with Gasteiger partial charge in [0.2, 0.25) is 0 Å². The van der Waals surface area contributed by atoms with E-state index in [1.54, 1.807) is 0 Å². The van der Waals surface area contributed by atoms with Crippen LogP contribution in [-0.2, 0) is 9.53 Å². The first kappa shape index (κ1) is 14.8. The average Bonchev–Trinajstić information content (AvgIpc) is 2.12. The highest BCUT2D eigenvalue weighted by atomic mass is 19.4. The largest absolute Gasteiger partial charge is 0.456 e. The number of alkyl halides is 6. The molecular weight excluding hydrogens is 242 g/mol. The van der Waals surface area contributed by atoms with E-state index in [0.717, 1.165) is 0 Å². The molecule has 94 valence electrons. The van der Waals surface area contributed by atoms with Gasteiger partial charge in [0.1, 0.15) is 0 Å². The highest BCUT2D eigenvalue weighted by Gasteiger charge is 2.68. The summed E-state index contributed by atoms with van der Waals surface area (Å²) in [5.41, 5.74) is -4.78. The third kappa shape index (κ3) is 2.89. The highest BCUT2D eigenvalue weighted by Crippen LogP contribution is 2.44. The van der Waals surface area contributed by atoms with Crippen molar-refractivity contribution in [2.45, 2.75) is 24.7 Å². The number of esters is 1. The van der Waals surface area contributed by atoms with Crippen molar-refractivity contribution >= 4 is 5.97 Å². The zero-order chi connectivity index (χ0) is 13.2. The second-order valence-electron chi connectivity index (χ2n) is 3.02. The second kappa shape index (κ2) is 4.34. The zero-order valence-electron chi connectivity index (χ0n) is 8.08. The number of halogens is 6. The molecule has 0 radical (unpaired) electrons. The van der Waals surface area contributed by atoms with Gasteiger partial charge in [0.15, 0.2) is 6.61 Å². The number of carbonyl (C=O) groups excluding carboxylic acids is 1. The molecule has 0 aliphatic heterocycles. The summed E-state index contributed by atoms with van der Waals surface area (Å²) >= 11 is 0. The van der Waals surface area contributed by atoms with Crippen molar-refractivity contribution in [3.63, 3.8) is 0 Å². The molecule has 0 rings (SSSR count). The van der Waals surface area contributed by atoms with Crippen LogP contribution in [0.1, 0.15) is 6.92 Å². The Balaban J connectivity index is 4.78. The maximum Gasteiger partial charge on any atom is 0.428 e. The zero-order valence-corrected chi connectivity index (χ0v) is 8.08. The van der Waals surface area contributed by atoms with Crippen LogP contribution in [0.3, 0.4) is 0 Å². The topological polar surface area (TPSA) is 26.3 Å². The lowest BCUT2D eigenvalue weighted by Gasteiger charge is -2.31. The fraction of sp³-hybridized carbons (Fsp3) is 0.625. The standard InChI is InChI=1S/C8H8F6O2/c1-3-5(15)16-4-7(10,11)6(2,9)8(12,13)14/h3H,1,4H2,2H3. The van der Waals surface area contributed by atoms with Crippen molar-refractivity contribution in [3.8, 4) is 0 Å². The van der Waals surface area contributed by atoms with Gasteiger partial charge in [0.25, 0.3) is 5.67 Å². The van der Waals surface area contributed by atoms with E-state index in [1.165, 1.54) is 0 Å². The van der Waals surface area contributed by atoms with Crippen LogP contribution in [0.15, 0.2) is 12.7 Å². The van der Waals surface area contributed by atoms with Crippen molar-refractivity contribution in [2.75, 3.05) is 6.61 Å². The molecule has 0 saturated carbocycles. The third-order valence-electron chi connectivity index (χ3n) is 1.78. The fourth-order valence-electron chi connectivity index (χ4n) is 0.564. The molecule has 0 N–H and O–H groups in total. The molecule has 0 spiro atoms. The molecule has 0 aromatic rings. The van der Waals surface area contributed by atoms with E-state index >= 15 is 0 Å². The van der Waals surface area contributed by atoms with E-state index < -0.39 is 30.3 Å². The maximum absolute atomic E-state index is 12.8.